The zero-order chi connectivity index (χ0) is 17.4. The molecule has 1 N–H and O–H groups in total. The van der Waals surface area contributed by atoms with Gasteiger partial charge in [0.2, 0.25) is 0 Å². The second-order valence-corrected chi connectivity index (χ2v) is 8.69. The molecule has 2 aliphatic carbocycles. The lowest BCUT2D eigenvalue weighted by Gasteiger charge is -2.35. The smallest absolute Gasteiger partial charge is 0.146 e. The van der Waals surface area contributed by atoms with Crippen molar-refractivity contribution in [3.63, 3.8) is 0 Å². The summed E-state index contributed by atoms with van der Waals surface area (Å²) in [6.07, 6.45) is 9.32. The number of aromatic nitrogens is 3. The Morgan fingerprint density at radius 3 is 2.64 bits per heavy atom. The van der Waals surface area contributed by atoms with Crippen LogP contribution in [0.1, 0.15) is 68.9 Å². The number of hydrogen-bond acceptors (Lipinski definition) is 5. The Kier molecular flexibility index (Phi) is 4.86. The van der Waals surface area contributed by atoms with Crippen LogP contribution in [-0.2, 0) is 13.6 Å². The summed E-state index contributed by atoms with van der Waals surface area (Å²) in [6.45, 7) is 3.88. The predicted octanol–water partition coefficient (Wildman–Crippen LogP) is 1.89. The maximum atomic E-state index is 10.8. The third-order valence-electron chi connectivity index (χ3n) is 6.51. The molecule has 2 heterocycles. The largest absolute Gasteiger partial charge is 0.389 e. The van der Waals surface area contributed by atoms with Crippen LogP contribution in [0.4, 0.5) is 0 Å². The highest BCUT2D eigenvalue weighted by Gasteiger charge is 2.35. The second-order valence-electron chi connectivity index (χ2n) is 8.69. The van der Waals surface area contributed by atoms with E-state index in [0.29, 0.717) is 12.0 Å². The summed E-state index contributed by atoms with van der Waals surface area (Å²) in [4.78, 5) is 4.89. The van der Waals surface area contributed by atoms with Gasteiger partial charge in [-0.05, 0) is 45.7 Å². The Hall–Kier alpha value is -0.980. The number of likely N-dealkylation sites (tertiary alicyclic amines) is 1. The predicted molar refractivity (Wildman–Crippen MR) is 97.3 cm³/mol. The Labute approximate surface area is 151 Å². The zero-order valence-corrected chi connectivity index (χ0v) is 15.8. The zero-order valence-electron chi connectivity index (χ0n) is 15.8. The van der Waals surface area contributed by atoms with Crippen LogP contribution in [0.2, 0.25) is 0 Å². The summed E-state index contributed by atoms with van der Waals surface area (Å²) >= 11 is 0. The van der Waals surface area contributed by atoms with Crippen LogP contribution in [-0.4, -0.2) is 68.0 Å². The van der Waals surface area contributed by atoms with E-state index in [1.54, 1.807) is 0 Å². The lowest BCUT2D eigenvalue weighted by molar-refractivity contribution is -0.0225. The summed E-state index contributed by atoms with van der Waals surface area (Å²) in [7, 11) is 4.31. The Morgan fingerprint density at radius 1 is 1.16 bits per heavy atom. The minimum absolute atomic E-state index is 0.436. The molecule has 4 rings (SSSR count). The SMILES string of the molecule is CN(Cc1nnc(C2CC2)n1C)[C@H]1CCN(CC2(O)CCCCC2)C1. The maximum Gasteiger partial charge on any atom is 0.146 e. The van der Waals surface area contributed by atoms with Crippen molar-refractivity contribution < 1.29 is 5.11 Å². The molecule has 1 atom stereocenters. The quantitative estimate of drug-likeness (QED) is 0.852. The molecule has 1 aliphatic heterocycles. The van der Waals surface area contributed by atoms with Crippen molar-refractivity contribution in [1.82, 2.24) is 24.6 Å². The minimum atomic E-state index is -0.436. The van der Waals surface area contributed by atoms with Gasteiger partial charge in [-0.3, -0.25) is 9.80 Å². The van der Waals surface area contributed by atoms with Crippen molar-refractivity contribution in [1.29, 1.82) is 0 Å². The van der Waals surface area contributed by atoms with Crippen LogP contribution in [0, 0.1) is 0 Å². The molecule has 1 aromatic heterocycles. The summed E-state index contributed by atoms with van der Waals surface area (Å²) in [6, 6.07) is 0.549. The first-order chi connectivity index (χ1) is 12.0. The lowest BCUT2D eigenvalue weighted by atomic mass is 9.84. The van der Waals surface area contributed by atoms with Gasteiger partial charge in [0.05, 0.1) is 12.1 Å². The fraction of sp³-hybridized carbons (Fsp3) is 0.895. The van der Waals surface area contributed by atoms with Gasteiger partial charge in [-0.1, -0.05) is 19.3 Å². The molecule has 6 nitrogen and oxygen atoms in total. The Morgan fingerprint density at radius 2 is 1.92 bits per heavy atom. The lowest BCUT2D eigenvalue weighted by Crippen LogP contribution is -2.44. The van der Waals surface area contributed by atoms with Gasteiger partial charge in [-0.25, -0.2) is 0 Å². The van der Waals surface area contributed by atoms with E-state index in [-0.39, 0.29) is 0 Å². The number of nitrogens with zero attached hydrogens (tertiary/aromatic N) is 5. The Balaban J connectivity index is 1.30. The van der Waals surface area contributed by atoms with E-state index in [0.717, 1.165) is 50.7 Å². The van der Waals surface area contributed by atoms with Gasteiger partial charge in [-0.2, -0.15) is 0 Å². The van der Waals surface area contributed by atoms with Gasteiger partial charge in [0.25, 0.3) is 0 Å². The standard InChI is InChI=1S/C19H33N5O/c1-22(13-17-20-21-18(23(17)2)15-6-7-15)16-8-11-24(12-16)14-19(25)9-4-3-5-10-19/h15-16,25H,3-14H2,1-2H3/t16-/m0/s1. The maximum absolute atomic E-state index is 10.8. The highest BCUT2D eigenvalue weighted by molar-refractivity contribution is 5.08. The summed E-state index contributed by atoms with van der Waals surface area (Å²) < 4.78 is 2.20. The second kappa shape index (κ2) is 6.97. The van der Waals surface area contributed by atoms with E-state index in [9.17, 15) is 5.11 Å². The molecule has 2 saturated carbocycles. The summed E-state index contributed by atoms with van der Waals surface area (Å²) in [5, 5.41) is 19.6. The van der Waals surface area contributed by atoms with E-state index in [1.165, 1.54) is 38.5 Å². The van der Waals surface area contributed by atoms with Crippen molar-refractivity contribution in [3.05, 3.63) is 11.6 Å². The molecule has 6 heteroatoms. The fourth-order valence-corrected chi connectivity index (χ4v) is 4.66. The van der Waals surface area contributed by atoms with Gasteiger partial charge in [0.15, 0.2) is 0 Å². The van der Waals surface area contributed by atoms with E-state index in [2.05, 4.69) is 38.7 Å². The molecule has 1 saturated heterocycles. The van der Waals surface area contributed by atoms with Gasteiger partial charge in [-0.15, -0.1) is 10.2 Å². The molecule has 0 unspecified atom stereocenters. The third kappa shape index (κ3) is 3.91. The van der Waals surface area contributed by atoms with Gasteiger partial charge in [0, 0.05) is 32.1 Å². The summed E-state index contributed by atoms with van der Waals surface area (Å²) in [5.74, 6) is 2.89. The highest BCUT2D eigenvalue weighted by atomic mass is 16.3. The van der Waals surface area contributed by atoms with Crippen LogP contribution in [0.3, 0.4) is 0 Å². The average molecular weight is 348 g/mol. The fourth-order valence-electron chi connectivity index (χ4n) is 4.66. The van der Waals surface area contributed by atoms with Crippen LogP contribution in [0.5, 0.6) is 0 Å². The van der Waals surface area contributed by atoms with E-state index >= 15 is 0 Å². The molecule has 0 bridgehead atoms. The van der Waals surface area contributed by atoms with Gasteiger partial charge < -0.3 is 9.67 Å². The topological polar surface area (TPSA) is 57.4 Å². The number of β-amino-alcohol motifs (C(OH)–C–C–N with tert-alkyl or cyclic N) is 1. The van der Waals surface area contributed by atoms with Crippen LogP contribution in [0.25, 0.3) is 0 Å². The van der Waals surface area contributed by atoms with Crippen molar-refractivity contribution in [2.24, 2.45) is 7.05 Å². The molecule has 0 aromatic carbocycles. The van der Waals surface area contributed by atoms with Crippen molar-refractivity contribution >= 4 is 0 Å². The van der Waals surface area contributed by atoms with Crippen molar-refractivity contribution in [2.45, 2.75) is 75.5 Å². The molecule has 1 aromatic rings. The molecule has 0 spiro atoms. The average Bonchev–Trinajstić information content (AvgIpc) is 3.22. The number of hydrogen-bond donors (Lipinski definition) is 1. The molecular weight excluding hydrogens is 314 g/mol. The monoisotopic (exact) mass is 347 g/mol. The van der Waals surface area contributed by atoms with E-state index in [1.807, 2.05) is 0 Å². The van der Waals surface area contributed by atoms with E-state index in [4.69, 9.17) is 0 Å². The van der Waals surface area contributed by atoms with Crippen LogP contribution in [0.15, 0.2) is 0 Å². The molecule has 3 aliphatic rings. The van der Waals surface area contributed by atoms with Crippen molar-refractivity contribution in [3.8, 4) is 0 Å². The van der Waals surface area contributed by atoms with Crippen LogP contribution < -0.4 is 0 Å². The molecule has 3 fully saturated rings. The van der Waals surface area contributed by atoms with E-state index < -0.39 is 5.60 Å². The Bertz CT molecular complexity index is 591. The van der Waals surface area contributed by atoms with Crippen molar-refractivity contribution in [2.75, 3.05) is 26.7 Å². The molecular formula is C19H33N5O. The first-order valence-corrected chi connectivity index (χ1v) is 10.1. The third-order valence-corrected chi connectivity index (χ3v) is 6.51. The highest BCUT2D eigenvalue weighted by Crippen LogP contribution is 2.38. The van der Waals surface area contributed by atoms with Gasteiger partial charge >= 0.3 is 0 Å². The first-order valence-electron chi connectivity index (χ1n) is 10.1. The normalized spacial score (nSPS) is 27.3. The molecule has 25 heavy (non-hydrogen) atoms. The molecule has 0 radical (unpaired) electrons. The minimum Gasteiger partial charge on any atom is -0.389 e. The van der Waals surface area contributed by atoms with Crippen LogP contribution >= 0.6 is 0 Å². The van der Waals surface area contributed by atoms with Gasteiger partial charge in [0.1, 0.15) is 11.6 Å². The molecule has 0 amide bonds. The summed E-state index contributed by atoms with van der Waals surface area (Å²) in [5.41, 5.74) is -0.436. The first kappa shape index (κ1) is 17.4. The molecule has 140 valence electrons. The number of rotatable bonds is 6. The number of likely N-dealkylation sites (N-methyl/N-ethyl adjacent to an activating group) is 1. The number of aliphatic hydroxyl groups is 1.